The molecule has 0 saturated carbocycles. The first-order valence-electron chi connectivity index (χ1n) is 9.96. The van der Waals surface area contributed by atoms with E-state index in [1.54, 1.807) is 0 Å². The second-order valence-electron chi connectivity index (χ2n) is 7.98. The standard InChI is InChI=1S/C20H32BN3S/c1-24(2)19-13-4-3-12-18(19)23-20(25)22-15-7-14-21-16-8-5-9-17(21)11-6-10-16/h3-4,12-13,16-17H,5-11,14-15H2,1-2H3,(H2,22,23,25). The molecule has 136 valence electrons. The first-order valence-corrected chi connectivity index (χ1v) is 10.4. The van der Waals surface area contributed by atoms with Crippen molar-refractivity contribution >= 4 is 35.4 Å². The summed E-state index contributed by atoms with van der Waals surface area (Å²) in [6.07, 6.45) is 11.5. The zero-order valence-electron chi connectivity index (χ0n) is 15.8. The van der Waals surface area contributed by atoms with Gasteiger partial charge in [0, 0.05) is 20.6 Å². The summed E-state index contributed by atoms with van der Waals surface area (Å²) in [4.78, 5) is 2.10. The van der Waals surface area contributed by atoms with E-state index in [9.17, 15) is 0 Å². The molecular weight excluding hydrogens is 325 g/mol. The number of hydrogen-bond donors (Lipinski definition) is 2. The van der Waals surface area contributed by atoms with Crippen LogP contribution in [0.4, 0.5) is 11.4 Å². The van der Waals surface area contributed by atoms with E-state index in [0.29, 0.717) is 0 Å². The fraction of sp³-hybridized carbons (Fsp3) is 0.650. The Morgan fingerprint density at radius 1 is 1.12 bits per heavy atom. The third-order valence-corrected chi connectivity index (χ3v) is 6.39. The molecule has 3 rings (SSSR count). The summed E-state index contributed by atoms with van der Waals surface area (Å²) in [5.74, 6) is 2.04. The Balaban J connectivity index is 1.41. The van der Waals surface area contributed by atoms with E-state index in [1.807, 2.05) is 6.07 Å². The van der Waals surface area contributed by atoms with Crippen molar-refractivity contribution in [3.63, 3.8) is 0 Å². The van der Waals surface area contributed by atoms with Gasteiger partial charge >= 0.3 is 0 Å². The van der Waals surface area contributed by atoms with Crippen LogP contribution in [-0.2, 0) is 0 Å². The van der Waals surface area contributed by atoms with Crippen molar-refractivity contribution in [2.45, 2.75) is 62.9 Å². The van der Waals surface area contributed by atoms with Gasteiger partial charge in [0.1, 0.15) is 6.71 Å². The molecule has 1 aromatic rings. The number of benzene rings is 1. The van der Waals surface area contributed by atoms with Crippen LogP contribution in [0.15, 0.2) is 24.3 Å². The number of nitrogens with zero attached hydrogens (tertiary/aromatic N) is 1. The highest BCUT2D eigenvalue weighted by Crippen LogP contribution is 2.47. The highest BCUT2D eigenvalue weighted by molar-refractivity contribution is 7.80. The normalized spacial score (nSPS) is 22.4. The Morgan fingerprint density at radius 2 is 1.76 bits per heavy atom. The Bertz CT molecular complexity index is 556. The molecule has 0 aliphatic carbocycles. The lowest BCUT2D eigenvalue weighted by atomic mass is 9.26. The zero-order chi connectivity index (χ0) is 17.6. The van der Waals surface area contributed by atoms with Gasteiger partial charge in [0.05, 0.1) is 11.4 Å². The number of anilines is 2. The van der Waals surface area contributed by atoms with Gasteiger partial charge in [-0.1, -0.05) is 68.6 Å². The van der Waals surface area contributed by atoms with Crippen molar-refractivity contribution in [2.24, 2.45) is 0 Å². The highest BCUT2D eigenvalue weighted by atomic mass is 32.1. The largest absolute Gasteiger partial charge is 0.376 e. The van der Waals surface area contributed by atoms with Crippen molar-refractivity contribution in [1.82, 2.24) is 5.32 Å². The molecule has 0 unspecified atom stereocenters. The van der Waals surface area contributed by atoms with Crippen molar-refractivity contribution in [1.29, 1.82) is 0 Å². The summed E-state index contributed by atoms with van der Waals surface area (Å²) >= 11 is 5.49. The van der Waals surface area contributed by atoms with Gasteiger partial charge in [0.25, 0.3) is 0 Å². The zero-order valence-corrected chi connectivity index (χ0v) is 16.6. The number of para-hydroxylation sites is 2. The fourth-order valence-electron chi connectivity index (χ4n) is 4.96. The SMILES string of the molecule is CN(C)c1ccccc1NC(=S)NCCCB1C2CCCC1CCC2. The van der Waals surface area contributed by atoms with Crippen LogP contribution in [0.25, 0.3) is 0 Å². The lowest BCUT2D eigenvalue weighted by Crippen LogP contribution is -2.35. The minimum Gasteiger partial charge on any atom is -0.376 e. The molecular formula is C20H32BN3S. The number of thiocarbonyl (C=S) groups is 1. The van der Waals surface area contributed by atoms with Crippen LogP contribution >= 0.6 is 12.2 Å². The quantitative estimate of drug-likeness (QED) is 0.424. The second kappa shape index (κ2) is 8.93. The molecule has 0 atom stereocenters. The Morgan fingerprint density at radius 3 is 2.40 bits per heavy atom. The van der Waals surface area contributed by atoms with E-state index < -0.39 is 0 Å². The van der Waals surface area contributed by atoms with Gasteiger partial charge in [-0.3, -0.25) is 0 Å². The summed E-state index contributed by atoms with van der Waals surface area (Å²) < 4.78 is 0. The summed E-state index contributed by atoms with van der Waals surface area (Å²) in [5.41, 5.74) is 2.22. The van der Waals surface area contributed by atoms with E-state index in [4.69, 9.17) is 12.2 Å². The maximum absolute atomic E-state index is 5.49. The van der Waals surface area contributed by atoms with Gasteiger partial charge in [0.2, 0.25) is 0 Å². The van der Waals surface area contributed by atoms with Crippen LogP contribution < -0.4 is 15.5 Å². The molecule has 2 aliphatic heterocycles. The van der Waals surface area contributed by atoms with Crippen molar-refractivity contribution in [3.05, 3.63) is 24.3 Å². The van der Waals surface area contributed by atoms with Crippen molar-refractivity contribution < 1.29 is 0 Å². The van der Waals surface area contributed by atoms with Gasteiger partial charge in [-0.25, -0.2) is 0 Å². The predicted molar refractivity (Wildman–Crippen MR) is 115 cm³/mol. The van der Waals surface area contributed by atoms with E-state index in [0.717, 1.165) is 41.4 Å². The minimum atomic E-state index is 0.734. The summed E-state index contributed by atoms with van der Waals surface area (Å²) in [6, 6.07) is 8.27. The molecule has 0 amide bonds. The minimum absolute atomic E-state index is 0.734. The predicted octanol–water partition coefficient (Wildman–Crippen LogP) is 5.03. The summed E-state index contributed by atoms with van der Waals surface area (Å²) in [7, 11) is 4.11. The van der Waals surface area contributed by atoms with Crippen LogP contribution in [0.3, 0.4) is 0 Å². The van der Waals surface area contributed by atoms with Crippen LogP contribution in [0.5, 0.6) is 0 Å². The first kappa shape index (κ1) is 18.6. The van der Waals surface area contributed by atoms with E-state index >= 15 is 0 Å². The molecule has 2 bridgehead atoms. The smallest absolute Gasteiger partial charge is 0.170 e. The number of rotatable bonds is 6. The molecule has 5 heteroatoms. The van der Waals surface area contributed by atoms with Crippen LogP contribution in [-0.4, -0.2) is 32.5 Å². The molecule has 2 heterocycles. The Labute approximate surface area is 159 Å². The lowest BCUT2D eigenvalue weighted by Gasteiger charge is -2.40. The van der Waals surface area contributed by atoms with E-state index in [1.165, 1.54) is 51.3 Å². The van der Waals surface area contributed by atoms with Gasteiger partial charge in [-0.05, 0) is 30.8 Å². The molecule has 2 saturated heterocycles. The number of nitrogens with one attached hydrogen (secondary N) is 2. The van der Waals surface area contributed by atoms with Crippen molar-refractivity contribution in [3.8, 4) is 0 Å². The fourth-order valence-corrected chi connectivity index (χ4v) is 5.17. The first-order chi connectivity index (χ1) is 12.1. The Kier molecular flexibility index (Phi) is 6.63. The molecule has 3 nitrogen and oxygen atoms in total. The summed E-state index contributed by atoms with van der Waals surface area (Å²) in [5, 5.41) is 7.49. The van der Waals surface area contributed by atoms with Crippen LogP contribution in [0.1, 0.15) is 44.9 Å². The molecule has 0 radical (unpaired) electrons. The van der Waals surface area contributed by atoms with Gasteiger partial charge < -0.3 is 15.5 Å². The van der Waals surface area contributed by atoms with Gasteiger partial charge in [-0.2, -0.15) is 0 Å². The summed E-state index contributed by atoms with van der Waals surface area (Å²) in [6.45, 7) is 1.96. The average molecular weight is 357 g/mol. The molecule has 2 fully saturated rings. The lowest BCUT2D eigenvalue weighted by molar-refractivity contribution is 0.440. The van der Waals surface area contributed by atoms with Crippen LogP contribution in [0.2, 0.25) is 18.0 Å². The van der Waals surface area contributed by atoms with Crippen LogP contribution in [0, 0.1) is 0 Å². The molecule has 1 aromatic carbocycles. The maximum atomic E-state index is 5.49. The second-order valence-corrected chi connectivity index (χ2v) is 8.39. The molecule has 0 spiro atoms. The third-order valence-electron chi connectivity index (χ3n) is 6.14. The average Bonchev–Trinajstić information content (AvgIpc) is 2.58. The molecule has 25 heavy (non-hydrogen) atoms. The topological polar surface area (TPSA) is 27.3 Å². The highest BCUT2D eigenvalue weighted by Gasteiger charge is 2.38. The monoisotopic (exact) mass is 357 g/mol. The maximum Gasteiger partial charge on any atom is 0.170 e. The number of hydrogen-bond acceptors (Lipinski definition) is 2. The van der Waals surface area contributed by atoms with Crippen molar-refractivity contribution in [2.75, 3.05) is 30.9 Å². The van der Waals surface area contributed by atoms with Gasteiger partial charge in [0.15, 0.2) is 5.11 Å². The van der Waals surface area contributed by atoms with E-state index in [2.05, 4.69) is 47.8 Å². The molecule has 2 aliphatic rings. The third kappa shape index (κ3) is 4.90. The van der Waals surface area contributed by atoms with E-state index in [-0.39, 0.29) is 0 Å². The molecule has 0 aromatic heterocycles. The Hall–Kier alpha value is -1.23. The number of fused-ring (bicyclic) bond motifs is 2. The van der Waals surface area contributed by atoms with Gasteiger partial charge in [-0.15, -0.1) is 0 Å². The molecule has 2 N–H and O–H groups in total.